The zero-order chi connectivity index (χ0) is 12.3. The first-order valence-electron chi connectivity index (χ1n) is 4.67. The largest absolute Gasteiger partial charge is 0.504 e. The molecule has 1 atom stereocenters. The van der Waals surface area contributed by atoms with E-state index in [1.165, 1.54) is 12.1 Å². The third-order valence-electron chi connectivity index (χ3n) is 1.90. The Kier molecular flexibility index (Phi) is 3.77. The summed E-state index contributed by atoms with van der Waals surface area (Å²) in [5, 5.41) is 18.3. The van der Waals surface area contributed by atoms with Crippen LogP contribution in [-0.4, -0.2) is 31.0 Å². The molecule has 0 spiro atoms. The van der Waals surface area contributed by atoms with Crippen LogP contribution < -0.4 is 0 Å². The standard InChI is InChI=1S/C10H14O5S/c1-7(15-16(2,13)14)5-8-3-4-9(11)10(12)6-8/h3-4,6-7,11-12H,5H2,1-2H3. The molecular formula is C10H14O5S. The van der Waals surface area contributed by atoms with E-state index in [-0.39, 0.29) is 11.5 Å². The van der Waals surface area contributed by atoms with Gasteiger partial charge >= 0.3 is 0 Å². The smallest absolute Gasteiger partial charge is 0.264 e. The van der Waals surface area contributed by atoms with E-state index in [4.69, 9.17) is 9.29 Å². The van der Waals surface area contributed by atoms with E-state index in [1.807, 2.05) is 0 Å². The number of phenolic OH excluding ortho intramolecular Hbond substituents is 2. The summed E-state index contributed by atoms with van der Waals surface area (Å²) in [7, 11) is -3.47. The van der Waals surface area contributed by atoms with E-state index in [0.29, 0.717) is 12.0 Å². The van der Waals surface area contributed by atoms with E-state index in [2.05, 4.69) is 0 Å². The van der Waals surface area contributed by atoms with Crippen molar-refractivity contribution in [3.8, 4) is 11.5 Å². The average molecular weight is 246 g/mol. The van der Waals surface area contributed by atoms with Gasteiger partial charge in [0.05, 0.1) is 12.4 Å². The second-order valence-corrected chi connectivity index (χ2v) is 5.24. The highest BCUT2D eigenvalue weighted by Gasteiger charge is 2.11. The first kappa shape index (κ1) is 12.8. The summed E-state index contributed by atoms with van der Waals surface area (Å²) >= 11 is 0. The molecule has 0 aromatic heterocycles. The van der Waals surface area contributed by atoms with Gasteiger partial charge in [-0.05, 0) is 31.0 Å². The topological polar surface area (TPSA) is 83.8 Å². The fourth-order valence-electron chi connectivity index (χ4n) is 1.36. The van der Waals surface area contributed by atoms with Gasteiger partial charge in [0.2, 0.25) is 0 Å². The Bertz CT molecular complexity index is 466. The van der Waals surface area contributed by atoms with Crippen molar-refractivity contribution in [2.75, 3.05) is 6.26 Å². The first-order valence-corrected chi connectivity index (χ1v) is 6.48. The zero-order valence-electron chi connectivity index (χ0n) is 9.04. The van der Waals surface area contributed by atoms with Crippen LogP contribution in [0.25, 0.3) is 0 Å². The molecule has 1 rings (SSSR count). The average Bonchev–Trinajstić information content (AvgIpc) is 2.08. The molecule has 0 fully saturated rings. The van der Waals surface area contributed by atoms with Gasteiger partial charge in [0.1, 0.15) is 0 Å². The molecule has 5 nitrogen and oxygen atoms in total. The molecule has 1 aromatic rings. The number of benzene rings is 1. The maximum atomic E-state index is 10.8. The summed E-state index contributed by atoms with van der Waals surface area (Å²) < 4.78 is 26.4. The molecule has 0 heterocycles. The highest BCUT2D eigenvalue weighted by atomic mass is 32.2. The molecular weight excluding hydrogens is 232 g/mol. The van der Waals surface area contributed by atoms with Gasteiger partial charge in [0.15, 0.2) is 11.5 Å². The minimum absolute atomic E-state index is 0.208. The summed E-state index contributed by atoms with van der Waals surface area (Å²) in [5.41, 5.74) is 0.687. The van der Waals surface area contributed by atoms with Crippen LogP contribution in [0.15, 0.2) is 18.2 Å². The van der Waals surface area contributed by atoms with Crippen LogP contribution in [0.5, 0.6) is 11.5 Å². The monoisotopic (exact) mass is 246 g/mol. The van der Waals surface area contributed by atoms with Crippen LogP contribution in [0.1, 0.15) is 12.5 Å². The fourth-order valence-corrected chi connectivity index (χ4v) is 2.03. The van der Waals surface area contributed by atoms with E-state index in [1.54, 1.807) is 13.0 Å². The Balaban J connectivity index is 2.70. The van der Waals surface area contributed by atoms with Crippen LogP contribution in [0.2, 0.25) is 0 Å². The minimum atomic E-state index is -3.47. The molecule has 0 amide bonds. The van der Waals surface area contributed by atoms with Gasteiger partial charge in [0, 0.05) is 0 Å². The molecule has 0 saturated heterocycles. The SMILES string of the molecule is CC(Cc1ccc(O)c(O)c1)OS(C)(=O)=O. The lowest BCUT2D eigenvalue weighted by atomic mass is 10.1. The second-order valence-electron chi connectivity index (χ2n) is 3.64. The number of hydrogen-bond acceptors (Lipinski definition) is 5. The van der Waals surface area contributed by atoms with Crippen LogP contribution in [0.4, 0.5) is 0 Å². The van der Waals surface area contributed by atoms with Gasteiger partial charge in [-0.2, -0.15) is 8.42 Å². The summed E-state index contributed by atoms with van der Waals surface area (Å²) in [6, 6.07) is 4.31. The Hall–Kier alpha value is -1.27. The van der Waals surface area contributed by atoms with Gasteiger partial charge in [-0.15, -0.1) is 0 Å². The van der Waals surface area contributed by atoms with Crippen LogP contribution in [0.3, 0.4) is 0 Å². The molecule has 0 radical (unpaired) electrons. The predicted octanol–water partition coefficient (Wildman–Crippen LogP) is 1.00. The molecule has 0 aliphatic carbocycles. The summed E-state index contributed by atoms with van der Waals surface area (Å²) in [6.45, 7) is 1.62. The molecule has 6 heteroatoms. The molecule has 2 N–H and O–H groups in total. The van der Waals surface area contributed by atoms with Crippen LogP contribution in [-0.2, 0) is 20.7 Å². The van der Waals surface area contributed by atoms with Gasteiger partial charge < -0.3 is 10.2 Å². The molecule has 16 heavy (non-hydrogen) atoms. The fraction of sp³-hybridized carbons (Fsp3) is 0.400. The van der Waals surface area contributed by atoms with Gasteiger partial charge in [-0.3, -0.25) is 4.18 Å². The maximum Gasteiger partial charge on any atom is 0.264 e. The van der Waals surface area contributed by atoms with Crippen LogP contribution >= 0.6 is 0 Å². The molecule has 1 unspecified atom stereocenters. The van der Waals surface area contributed by atoms with Crippen molar-refractivity contribution in [3.63, 3.8) is 0 Å². The van der Waals surface area contributed by atoms with E-state index >= 15 is 0 Å². The maximum absolute atomic E-state index is 10.8. The molecule has 0 saturated carbocycles. The summed E-state index contributed by atoms with van der Waals surface area (Å²) in [5.74, 6) is -0.440. The third kappa shape index (κ3) is 4.08. The van der Waals surface area contributed by atoms with Crippen molar-refractivity contribution in [2.45, 2.75) is 19.4 Å². The Labute approximate surface area is 94.4 Å². The van der Waals surface area contributed by atoms with Crippen molar-refractivity contribution in [3.05, 3.63) is 23.8 Å². The summed E-state index contributed by atoms with van der Waals surface area (Å²) in [6.07, 6.45) is 0.803. The summed E-state index contributed by atoms with van der Waals surface area (Å²) in [4.78, 5) is 0. The quantitative estimate of drug-likeness (QED) is 0.611. The van der Waals surface area contributed by atoms with Crippen molar-refractivity contribution in [2.24, 2.45) is 0 Å². The Morgan fingerprint density at radius 1 is 1.31 bits per heavy atom. The molecule has 90 valence electrons. The van der Waals surface area contributed by atoms with Gasteiger partial charge in [-0.25, -0.2) is 0 Å². The number of rotatable bonds is 4. The molecule has 0 aliphatic heterocycles. The normalized spacial score (nSPS) is 13.6. The van der Waals surface area contributed by atoms with Gasteiger partial charge in [-0.1, -0.05) is 6.07 Å². The molecule has 0 aliphatic rings. The van der Waals surface area contributed by atoms with Crippen molar-refractivity contribution < 1.29 is 22.8 Å². The van der Waals surface area contributed by atoms with Gasteiger partial charge in [0.25, 0.3) is 10.1 Å². The Morgan fingerprint density at radius 2 is 1.94 bits per heavy atom. The van der Waals surface area contributed by atoms with E-state index in [0.717, 1.165) is 6.26 Å². The highest BCUT2D eigenvalue weighted by Crippen LogP contribution is 2.25. The number of aromatic hydroxyl groups is 2. The number of phenols is 2. The minimum Gasteiger partial charge on any atom is -0.504 e. The lowest BCUT2D eigenvalue weighted by Crippen LogP contribution is -2.16. The van der Waals surface area contributed by atoms with Crippen molar-refractivity contribution in [1.29, 1.82) is 0 Å². The lowest BCUT2D eigenvalue weighted by molar-refractivity contribution is 0.231. The lowest BCUT2D eigenvalue weighted by Gasteiger charge is -2.11. The van der Waals surface area contributed by atoms with Crippen LogP contribution in [0, 0.1) is 0 Å². The first-order chi connectivity index (χ1) is 7.28. The third-order valence-corrected chi connectivity index (χ3v) is 2.58. The molecule has 0 bridgehead atoms. The highest BCUT2D eigenvalue weighted by molar-refractivity contribution is 7.86. The predicted molar refractivity (Wildman–Crippen MR) is 58.9 cm³/mol. The van der Waals surface area contributed by atoms with Crippen molar-refractivity contribution in [1.82, 2.24) is 0 Å². The van der Waals surface area contributed by atoms with E-state index < -0.39 is 16.2 Å². The Morgan fingerprint density at radius 3 is 2.44 bits per heavy atom. The second kappa shape index (κ2) is 4.71. The number of hydrogen-bond donors (Lipinski definition) is 2. The van der Waals surface area contributed by atoms with Crippen molar-refractivity contribution >= 4 is 10.1 Å². The van der Waals surface area contributed by atoms with E-state index in [9.17, 15) is 13.5 Å². The zero-order valence-corrected chi connectivity index (χ0v) is 9.86. The molecule has 1 aromatic carbocycles.